The summed E-state index contributed by atoms with van der Waals surface area (Å²) in [5.74, 6) is -0.984. The molecule has 19 heavy (non-hydrogen) atoms. The average molecular weight is 282 g/mol. The first-order chi connectivity index (χ1) is 9.16. The molecule has 1 aromatic rings. The summed E-state index contributed by atoms with van der Waals surface area (Å²) in [5, 5.41) is 12.7. The first-order valence-electron chi connectivity index (χ1n) is 6.96. The number of rotatable bonds is 3. The molecule has 0 unspecified atom stereocenters. The van der Waals surface area contributed by atoms with Gasteiger partial charge < -0.3 is 10.4 Å². The lowest BCUT2D eigenvalue weighted by Gasteiger charge is -2.22. The minimum absolute atomic E-state index is 0.157. The highest BCUT2D eigenvalue weighted by molar-refractivity contribution is 6.33. The minimum Gasteiger partial charge on any atom is -0.478 e. The van der Waals surface area contributed by atoms with Crippen molar-refractivity contribution in [3.63, 3.8) is 0 Å². The standard InChI is InChI=1S/C15H20ClNO2/c16-14-10-12(8-9-13(14)15(18)19)17-11-6-4-2-1-3-5-7-11/h8-11,17H,1-7H2,(H,18,19). The molecule has 1 aliphatic rings. The second-order valence-corrected chi connectivity index (χ2v) is 5.59. The highest BCUT2D eigenvalue weighted by atomic mass is 35.5. The van der Waals surface area contributed by atoms with Crippen LogP contribution in [-0.2, 0) is 0 Å². The largest absolute Gasteiger partial charge is 0.478 e. The van der Waals surface area contributed by atoms with E-state index < -0.39 is 5.97 Å². The molecule has 1 fully saturated rings. The second kappa shape index (κ2) is 6.80. The maximum atomic E-state index is 10.9. The molecule has 0 aromatic heterocycles. The van der Waals surface area contributed by atoms with E-state index >= 15 is 0 Å². The van der Waals surface area contributed by atoms with Gasteiger partial charge in [-0.15, -0.1) is 0 Å². The maximum Gasteiger partial charge on any atom is 0.337 e. The summed E-state index contributed by atoms with van der Waals surface area (Å²) < 4.78 is 0. The molecule has 1 aromatic carbocycles. The molecule has 0 atom stereocenters. The number of carboxylic acids is 1. The molecule has 0 bridgehead atoms. The minimum atomic E-state index is -0.984. The summed E-state index contributed by atoms with van der Waals surface area (Å²) >= 11 is 5.98. The Morgan fingerprint density at radius 3 is 2.37 bits per heavy atom. The molecular formula is C15H20ClNO2. The van der Waals surface area contributed by atoms with E-state index in [-0.39, 0.29) is 5.56 Å². The zero-order valence-electron chi connectivity index (χ0n) is 11.0. The number of carboxylic acid groups (broad SMARTS) is 1. The number of hydrogen-bond acceptors (Lipinski definition) is 2. The quantitative estimate of drug-likeness (QED) is 0.854. The van der Waals surface area contributed by atoms with Crippen LogP contribution in [0.2, 0.25) is 5.02 Å². The lowest BCUT2D eigenvalue weighted by atomic mass is 9.96. The maximum absolute atomic E-state index is 10.9. The Hall–Kier alpha value is -1.22. The number of hydrogen-bond donors (Lipinski definition) is 2. The van der Waals surface area contributed by atoms with Gasteiger partial charge in [-0.25, -0.2) is 4.79 Å². The summed E-state index contributed by atoms with van der Waals surface area (Å²) in [4.78, 5) is 10.9. The lowest BCUT2D eigenvalue weighted by Crippen LogP contribution is -2.20. The monoisotopic (exact) mass is 281 g/mol. The van der Waals surface area contributed by atoms with E-state index in [2.05, 4.69) is 5.32 Å². The lowest BCUT2D eigenvalue weighted by molar-refractivity contribution is 0.0697. The molecule has 2 N–H and O–H groups in total. The molecular weight excluding hydrogens is 262 g/mol. The predicted molar refractivity (Wildman–Crippen MR) is 78.1 cm³/mol. The van der Waals surface area contributed by atoms with Crippen LogP contribution < -0.4 is 5.32 Å². The van der Waals surface area contributed by atoms with Gasteiger partial charge in [-0.1, -0.05) is 43.7 Å². The van der Waals surface area contributed by atoms with E-state index in [1.54, 1.807) is 18.2 Å². The van der Waals surface area contributed by atoms with Gasteiger partial charge in [-0.3, -0.25) is 0 Å². The number of carbonyl (C=O) groups is 1. The van der Waals surface area contributed by atoms with Crippen molar-refractivity contribution in [3.05, 3.63) is 28.8 Å². The molecule has 104 valence electrons. The van der Waals surface area contributed by atoms with Crippen LogP contribution in [-0.4, -0.2) is 17.1 Å². The molecule has 0 saturated heterocycles. The average Bonchev–Trinajstić information content (AvgIpc) is 2.32. The van der Waals surface area contributed by atoms with Crippen molar-refractivity contribution in [1.29, 1.82) is 0 Å². The van der Waals surface area contributed by atoms with Crippen molar-refractivity contribution < 1.29 is 9.90 Å². The zero-order valence-corrected chi connectivity index (χ0v) is 11.7. The van der Waals surface area contributed by atoms with Gasteiger partial charge >= 0.3 is 5.97 Å². The van der Waals surface area contributed by atoms with E-state index in [4.69, 9.17) is 16.7 Å². The van der Waals surface area contributed by atoms with Crippen molar-refractivity contribution >= 4 is 23.3 Å². The highest BCUT2D eigenvalue weighted by Gasteiger charge is 2.13. The van der Waals surface area contributed by atoms with Gasteiger partial charge in [0.15, 0.2) is 0 Å². The normalized spacial score (nSPS) is 17.5. The van der Waals surface area contributed by atoms with Gasteiger partial charge in [0.25, 0.3) is 0 Å². The third-order valence-electron chi connectivity index (χ3n) is 3.68. The molecule has 1 saturated carbocycles. The summed E-state index contributed by atoms with van der Waals surface area (Å²) in [6, 6.07) is 5.56. The van der Waals surface area contributed by atoms with Crippen LogP contribution in [0.1, 0.15) is 55.3 Å². The summed E-state index contributed by atoms with van der Waals surface area (Å²) in [5.41, 5.74) is 1.07. The number of aromatic carboxylic acids is 1. The number of halogens is 1. The molecule has 0 spiro atoms. The van der Waals surface area contributed by atoms with Crippen LogP contribution in [0.4, 0.5) is 5.69 Å². The van der Waals surface area contributed by atoms with Gasteiger partial charge in [0.1, 0.15) is 0 Å². The first-order valence-corrected chi connectivity index (χ1v) is 7.34. The molecule has 3 nitrogen and oxygen atoms in total. The van der Waals surface area contributed by atoms with E-state index in [1.807, 2.05) is 0 Å². The SMILES string of the molecule is O=C(O)c1ccc(NC2CCCCCCC2)cc1Cl. The molecule has 2 rings (SSSR count). The van der Waals surface area contributed by atoms with Crippen molar-refractivity contribution in [2.75, 3.05) is 5.32 Å². The van der Waals surface area contributed by atoms with Crippen molar-refractivity contribution in [2.24, 2.45) is 0 Å². The van der Waals surface area contributed by atoms with Crippen LogP contribution in [0.25, 0.3) is 0 Å². The van der Waals surface area contributed by atoms with Crippen LogP contribution in [0.15, 0.2) is 18.2 Å². The Morgan fingerprint density at radius 2 is 1.79 bits per heavy atom. The van der Waals surface area contributed by atoms with Crippen molar-refractivity contribution in [2.45, 2.75) is 51.0 Å². The summed E-state index contributed by atoms with van der Waals surface area (Å²) in [6.07, 6.45) is 8.87. The van der Waals surface area contributed by atoms with E-state index in [1.165, 1.54) is 44.9 Å². The fraction of sp³-hybridized carbons (Fsp3) is 0.533. The topological polar surface area (TPSA) is 49.3 Å². The molecule has 0 heterocycles. The van der Waals surface area contributed by atoms with Crippen LogP contribution in [0, 0.1) is 0 Å². The smallest absolute Gasteiger partial charge is 0.337 e. The number of nitrogens with one attached hydrogen (secondary N) is 1. The summed E-state index contributed by atoms with van der Waals surface area (Å²) in [7, 11) is 0. The number of benzene rings is 1. The Morgan fingerprint density at radius 1 is 1.16 bits per heavy atom. The zero-order chi connectivity index (χ0) is 13.7. The third kappa shape index (κ3) is 4.13. The third-order valence-corrected chi connectivity index (χ3v) is 3.99. The molecule has 4 heteroatoms. The van der Waals surface area contributed by atoms with Crippen molar-refractivity contribution in [3.8, 4) is 0 Å². The van der Waals surface area contributed by atoms with Crippen LogP contribution >= 0.6 is 11.6 Å². The Bertz CT molecular complexity index is 440. The summed E-state index contributed by atoms with van der Waals surface area (Å²) in [6.45, 7) is 0. The fourth-order valence-electron chi connectivity index (χ4n) is 2.61. The van der Waals surface area contributed by atoms with Crippen LogP contribution in [0.3, 0.4) is 0 Å². The van der Waals surface area contributed by atoms with E-state index in [0.29, 0.717) is 11.1 Å². The first kappa shape index (κ1) is 14.2. The fourth-order valence-corrected chi connectivity index (χ4v) is 2.88. The van der Waals surface area contributed by atoms with Gasteiger partial charge in [-0.2, -0.15) is 0 Å². The van der Waals surface area contributed by atoms with Crippen LogP contribution in [0.5, 0.6) is 0 Å². The molecule has 0 aliphatic heterocycles. The predicted octanol–water partition coefficient (Wildman–Crippen LogP) is 4.56. The van der Waals surface area contributed by atoms with Gasteiger partial charge in [0.2, 0.25) is 0 Å². The Balaban J connectivity index is 2.01. The highest BCUT2D eigenvalue weighted by Crippen LogP contribution is 2.24. The molecule has 0 radical (unpaired) electrons. The number of anilines is 1. The van der Waals surface area contributed by atoms with Gasteiger partial charge in [0.05, 0.1) is 10.6 Å². The van der Waals surface area contributed by atoms with Gasteiger partial charge in [-0.05, 0) is 31.0 Å². The second-order valence-electron chi connectivity index (χ2n) is 5.19. The van der Waals surface area contributed by atoms with E-state index in [0.717, 1.165) is 5.69 Å². The Labute approximate surface area is 119 Å². The Kier molecular flexibility index (Phi) is 5.08. The van der Waals surface area contributed by atoms with E-state index in [9.17, 15) is 4.79 Å². The van der Waals surface area contributed by atoms with Gasteiger partial charge in [0, 0.05) is 11.7 Å². The van der Waals surface area contributed by atoms with Crippen molar-refractivity contribution in [1.82, 2.24) is 0 Å². The molecule has 1 aliphatic carbocycles. The molecule has 0 amide bonds.